The minimum absolute atomic E-state index is 0.630. The SMILES string of the molecule is C=C(C)N(CC)CCC.C=C(C)c1ccc(CNC(CC)CC(C)C)cc1.C=C(C)c1cccc(CC)c1.CC.CC1=CC=C(C)C1. The zero-order valence-electron chi connectivity index (χ0n) is 33.2. The molecular formula is C45H74N2. The van der Waals surface area contributed by atoms with Gasteiger partial charge in [0.15, 0.2) is 0 Å². The van der Waals surface area contributed by atoms with E-state index in [9.17, 15) is 0 Å². The van der Waals surface area contributed by atoms with Crippen LogP contribution in [-0.4, -0.2) is 24.0 Å². The molecular weight excluding hydrogens is 569 g/mol. The van der Waals surface area contributed by atoms with Gasteiger partial charge in [0, 0.05) is 31.4 Å². The van der Waals surface area contributed by atoms with Gasteiger partial charge in [-0.15, -0.1) is 0 Å². The summed E-state index contributed by atoms with van der Waals surface area (Å²) < 4.78 is 0. The molecule has 0 amide bonds. The Bertz CT molecular complexity index is 1180. The highest BCUT2D eigenvalue weighted by Gasteiger charge is 2.08. The Morgan fingerprint density at radius 3 is 1.68 bits per heavy atom. The summed E-state index contributed by atoms with van der Waals surface area (Å²) in [5.74, 6) is 0.758. The summed E-state index contributed by atoms with van der Waals surface area (Å²) in [5, 5.41) is 3.64. The fraction of sp³-hybridized carbons (Fsp3) is 0.511. The van der Waals surface area contributed by atoms with Crippen molar-refractivity contribution >= 4 is 11.1 Å². The third kappa shape index (κ3) is 23.0. The van der Waals surface area contributed by atoms with E-state index < -0.39 is 0 Å². The van der Waals surface area contributed by atoms with Crippen LogP contribution in [0.1, 0.15) is 138 Å². The second kappa shape index (κ2) is 28.0. The molecule has 0 radical (unpaired) electrons. The number of rotatable bonds is 13. The first kappa shape index (κ1) is 46.0. The molecule has 1 atom stereocenters. The standard InChI is InChI=1S/C17H27N.C11H14.C8H17N.C7H10.C2H6/c1-6-17(11-13(2)3)18-12-15-7-9-16(10-8-15)14(4)5;1-4-10-6-5-7-11(8-10)9(2)3;1-5-7-9(6-2)8(3)4;1-6-3-4-7(2)5-6;1-2/h7-10,13,17-18H,4,6,11-12H2,1-3,5H3;5-8H,2,4H2,1,3H3;3,5-7H2,1-2,4H3;3-4H,5H2,1-2H3;1-2H3. The van der Waals surface area contributed by atoms with Gasteiger partial charge < -0.3 is 10.2 Å². The van der Waals surface area contributed by atoms with Crippen molar-refractivity contribution in [1.29, 1.82) is 0 Å². The maximum absolute atomic E-state index is 3.96. The van der Waals surface area contributed by atoms with E-state index in [1.165, 1.54) is 64.8 Å². The van der Waals surface area contributed by atoms with E-state index in [2.05, 4.69) is 153 Å². The van der Waals surface area contributed by atoms with Crippen molar-refractivity contribution in [3.63, 3.8) is 0 Å². The number of nitrogens with zero attached hydrogens (tertiary/aromatic N) is 1. The first-order valence-corrected chi connectivity index (χ1v) is 18.2. The maximum Gasteiger partial charge on any atom is 0.0208 e. The van der Waals surface area contributed by atoms with Gasteiger partial charge in [0.05, 0.1) is 0 Å². The Balaban J connectivity index is 0. The highest BCUT2D eigenvalue weighted by Crippen LogP contribution is 2.16. The largest absolute Gasteiger partial charge is 0.376 e. The van der Waals surface area contributed by atoms with E-state index in [-0.39, 0.29) is 0 Å². The number of aryl methyl sites for hydroxylation is 1. The molecule has 3 rings (SSSR count). The van der Waals surface area contributed by atoms with Gasteiger partial charge in [-0.25, -0.2) is 0 Å². The van der Waals surface area contributed by atoms with Gasteiger partial charge >= 0.3 is 0 Å². The van der Waals surface area contributed by atoms with Crippen molar-refractivity contribution in [2.24, 2.45) is 5.92 Å². The molecule has 0 aromatic heterocycles. The van der Waals surface area contributed by atoms with Crippen LogP contribution in [0.5, 0.6) is 0 Å². The Morgan fingerprint density at radius 2 is 1.34 bits per heavy atom. The van der Waals surface area contributed by atoms with Gasteiger partial charge in [0.1, 0.15) is 0 Å². The lowest BCUT2D eigenvalue weighted by Crippen LogP contribution is -2.29. The lowest BCUT2D eigenvalue weighted by atomic mass is 10.0. The minimum atomic E-state index is 0.630. The lowest BCUT2D eigenvalue weighted by molar-refractivity contribution is 0.365. The van der Waals surface area contributed by atoms with Crippen molar-refractivity contribution < 1.29 is 0 Å². The molecule has 2 nitrogen and oxygen atoms in total. The summed E-state index contributed by atoms with van der Waals surface area (Å²) >= 11 is 0. The van der Waals surface area contributed by atoms with E-state index in [1.54, 1.807) is 0 Å². The molecule has 1 unspecified atom stereocenters. The topological polar surface area (TPSA) is 15.3 Å². The van der Waals surface area contributed by atoms with Gasteiger partial charge in [-0.05, 0) is 102 Å². The van der Waals surface area contributed by atoms with Crippen molar-refractivity contribution in [1.82, 2.24) is 10.2 Å². The average Bonchev–Trinajstić information content (AvgIpc) is 3.45. The van der Waals surface area contributed by atoms with Crippen molar-refractivity contribution in [2.45, 2.75) is 135 Å². The van der Waals surface area contributed by atoms with E-state index in [0.29, 0.717) is 6.04 Å². The Kier molecular flexibility index (Phi) is 27.4. The van der Waals surface area contributed by atoms with Crippen LogP contribution in [0, 0.1) is 5.92 Å². The zero-order valence-corrected chi connectivity index (χ0v) is 33.2. The molecule has 1 aliphatic rings. The molecule has 47 heavy (non-hydrogen) atoms. The third-order valence-electron chi connectivity index (χ3n) is 7.74. The molecule has 1 N–H and O–H groups in total. The van der Waals surface area contributed by atoms with Crippen LogP contribution in [0.3, 0.4) is 0 Å². The first-order valence-electron chi connectivity index (χ1n) is 18.2. The van der Waals surface area contributed by atoms with Gasteiger partial charge in [0.2, 0.25) is 0 Å². The lowest BCUT2D eigenvalue weighted by Gasteiger charge is -2.21. The smallest absolute Gasteiger partial charge is 0.0208 e. The number of nitrogens with one attached hydrogen (secondary N) is 1. The molecule has 0 saturated carbocycles. The predicted molar refractivity (Wildman–Crippen MR) is 218 cm³/mol. The quantitative estimate of drug-likeness (QED) is 0.234. The molecule has 0 fully saturated rings. The van der Waals surface area contributed by atoms with Gasteiger partial charge in [0.25, 0.3) is 0 Å². The Labute approximate surface area is 293 Å². The highest BCUT2D eigenvalue weighted by atomic mass is 15.1. The highest BCUT2D eigenvalue weighted by molar-refractivity contribution is 5.62. The summed E-state index contributed by atoms with van der Waals surface area (Å²) in [5.41, 5.74) is 11.6. The molecule has 0 spiro atoms. The second-order valence-electron chi connectivity index (χ2n) is 12.9. The van der Waals surface area contributed by atoms with Crippen molar-refractivity contribution in [3.05, 3.63) is 120 Å². The summed E-state index contributed by atoms with van der Waals surface area (Å²) in [6.07, 6.45) is 10.3. The van der Waals surface area contributed by atoms with Gasteiger partial charge in [-0.2, -0.15) is 0 Å². The minimum Gasteiger partial charge on any atom is -0.376 e. The Hall–Kier alpha value is -3.10. The van der Waals surface area contributed by atoms with Crippen LogP contribution in [-0.2, 0) is 13.0 Å². The van der Waals surface area contributed by atoms with E-state index in [1.807, 2.05) is 27.7 Å². The second-order valence-corrected chi connectivity index (χ2v) is 12.9. The summed E-state index contributed by atoms with van der Waals surface area (Å²) in [4.78, 5) is 2.28. The van der Waals surface area contributed by atoms with Crippen LogP contribution in [0.4, 0.5) is 0 Å². The molecule has 2 aromatic rings. The fourth-order valence-corrected chi connectivity index (χ4v) is 4.92. The molecule has 2 aromatic carbocycles. The molecule has 0 bridgehead atoms. The van der Waals surface area contributed by atoms with Crippen molar-refractivity contribution in [2.75, 3.05) is 13.1 Å². The van der Waals surface area contributed by atoms with Crippen LogP contribution in [0.2, 0.25) is 0 Å². The van der Waals surface area contributed by atoms with Crippen LogP contribution in [0.25, 0.3) is 11.1 Å². The molecule has 1 aliphatic carbocycles. The normalized spacial score (nSPS) is 11.9. The van der Waals surface area contributed by atoms with Gasteiger partial charge in [-0.1, -0.05) is 151 Å². The fourth-order valence-electron chi connectivity index (χ4n) is 4.92. The average molecular weight is 643 g/mol. The Morgan fingerprint density at radius 1 is 0.787 bits per heavy atom. The molecule has 2 heteroatoms. The summed E-state index contributed by atoms with van der Waals surface area (Å²) in [6, 6.07) is 17.9. The number of hydrogen-bond acceptors (Lipinski definition) is 2. The molecule has 0 saturated heterocycles. The first-order chi connectivity index (χ1) is 22.3. The monoisotopic (exact) mass is 643 g/mol. The molecule has 0 heterocycles. The number of allylic oxidation sites excluding steroid dienone is 7. The van der Waals surface area contributed by atoms with Gasteiger partial charge in [-0.3, -0.25) is 0 Å². The van der Waals surface area contributed by atoms with Crippen molar-refractivity contribution in [3.8, 4) is 0 Å². The summed E-state index contributed by atoms with van der Waals surface area (Å²) in [6.45, 7) is 42.7. The number of benzene rings is 2. The van der Waals surface area contributed by atoms with E-state index >= 15 is 0 Å². The van der Waals surface area contributed by atoms with Crippen LogP contribution in [0.15, 0.2) is 97.3 Å². The predicted octanol–water partition coefficient (Wildman–Crippen LogP) is 13.5. The van der Waals surface area contributed by atoms with E-state index in [4.69, 9.17) is 0 Å². The molecule has 0 aliphatic heterocycles. The zero-order chi connectivity index (χ0) is 36.4. The van der Waals surface area contributed by atoms with Crippen LogP contribution < -0.4 is 5.32 Å². The van der Waals surface area contributed by atoms with E-state index in [0.717, 1.165) is 43.1 Å². The molecule has 264 valence electrons. The maximum atomic E-state index is 3.96. The summed E-state index contributed by atoms with van der Waals surface area (Å²) in [7, 11) is 0. The van der Waals surface area contributed by atoms with Crippen LogP contribution >= 0.6 is 0 Å². The number of hydrogen-bond donors (Lipinski definition) is 1. The third-order valence-corrected chi connectivity index (χ3v) is 7.74.